The number of esters is 1. The van der Waals surface area contributed by atoms with Crippen LogP contribution in [0.3, 0.4) is 0 Å². The highest BCUT2D eigenvalue weighted by Crippen LogP contribution is 2.48. The topological polar surface area (TPSA) is 74.2 Å². The number of halogens is 1. The van der Waals surface area contributed by atoms with E-state index in [1.165, 1.54) is 0 Å². The maximum atomic E-state index is 13.6. The van der Waals surface area contributed by atoms with E-state index < -0.39 is 11.8 Å². The van der Waals surface area contributed by atoms with Gasteiger partial charge in [0.15, 0.2) is 17.3 Å². The molecule has 0 saturated heterocycles. The minimum Gasteiger partial charge on any atom is -0.493 e. The average Bonchev–Trinajstić information content (AvgIpc) is 2.83. The van der Waals surface area contributed by atoms with Gasteiger partial charge in [-0.15, -0.1) is 0 Å². The lowest BCUT2D eigenvalue weighted by Crippen LogP contribution is -2.38. The maximum absolute atomic E-state index is 13.6. The minimum absolute atomic E-state index is 0.00487. The molecule has 0 radical (unpaired) electrons. The Morgan fingerprint density at radius 2 is 1.71 bits per heavy atom. The fourth-order valence-electron chi connectivity index (χ4n) is 4.97. The van der Waals surface area contributed by atoms with Crippen molar-refractivity contribution in [3.8, 4) is 11.5 Å². The Labute approximate surface area is 204 Å². The third kappa shape index (κ3) is 4.47. The van der Waals surface area contributed by atoms with Crippen LogP contribution in [0.1, 0.15) is 49.7 Å². The summed E-state index contributed by atoms with van der Waals surface area (Å²) in [5, 5.41) is 0.656. The molecule has 3 unspecified atom stereocenters. The number of methoxy groups -OCH3 is 2. The third-order valence-corrected chi connectivity index (χ3v) is 6.79. The number of hydrogen-bond acceptors (Lipinski definition) is 6. The summed E-state index contributed by atoms with van der Waals surface area (Å²) >= 11 is 6.05. The molecule has 6 nitrogen and oxygen atoms in total. The van der Waals surface area contributed by atoms with Crippen LogP contribution < -0.4 is 9.47 Å². The van der Waals surface area contributed by atoms with Gasteiger partial charge in [-0.2, -0.15) is 0 Å². The lowest BCUT2D eigenvalue weighted by molar-refractivity contribution is -0.146. The van der Waals surface area contributed by atoms with Crippen LogP contribution in [-0.2, 0) is 14.3 Å². The highest BCUT2D eigenvalue weighted by molar-refractivity contribution is 6.30. The molecule has 1 heterocycles. The standard InChI is InChI=1S/C27H28ClNO5/c1-5-34-27(31)24-15(2)29-20-12-18(16-6-9-19(28)10-7-16)13-21(30)26(20)25(24)17-8-11-22(32-3)23(14-17)33-4/h6-11,14,18,24-25H,5,12-13H2,1-4H3. The van der Waals surface area contributed by atoms with Crippen molar-refractivity contribution in [2.45, 2.75) is 38.5 Å². The predicted octanol–water partition coefficient (Wildman–Crippen LogP) is 5.50. The number of Topliss-reactive ketones (excluding diaryl/α,β-unsaturated/α-hetero) is 1. The molecule has 0 N–H and O–H groups in total. The van der Waals surface area contributed by atoms with Gasteiger partial charge in [0.1, 0.15) is 5.92 Å². The van der Waals surface area contributed by atoms with Crippen LogP contribution in [-0.4, -0.2) is 38.3 Å². The van der Waals surface area contributed by atoms with E-state index in [0.29, 0.717) is 40.6 Å². The van der Waals surface area contributed by atoms with Crippen LogP contribution in [0, 0.1) is 5.92 Å². The number of aliphatic imine (C=N–C) groups is 1. The van der Waals surface area contributed by atoms with Gasteiger partial charge in [0.2, 0.25) is 0 Å². The van der Waals surface area contributed by atoms with E-state index in [0.717, 1.165) is 16.8 Å². The van der Waals surface area contributed by atoms with Crippen molar-refractivity contribution in [2.24, 2.45) is 10.9 Å². The number of hydrogen-bond donors (Lipinski definition) is 0. The van der Waals surface area contributed by atoms with Crippen molar-refractivity contribution >= 4 is 29.1 Å². The maximum Gasteiger partial charge on any atom is 0.315 e. The number of ketones is 1. The van der Waals surface area contributed by atoms with Crippen molar-refractivity contribution in [1.29, 1.82) is 0 Å². The average molecular weight is 482 g/mol. The molecular formula is C27H28ClNO5. The summed E-state index contributed by atoms with van der Waals surface area (Å²) in [6.07, 6.45) is 0.952. The normalized spacial score (nSPS) is 22.1. The van der Waals surface area contributed by atoms with Gasteiger partial charge >= 0.3 is 5.97 Å². The molecule has 2 aromatic rings. The minimum atomic E-state index is -0.687. The molecule has 4 rings (SSSR count). The van der Waals surface area contributed by atoms with Crippen molar-refractivity contribution in [1.82, 2.24) is 0 Å². The molecule has 0 saturated carbocycles. The van der Waals surface area contributed by atoms with Crippen LogP contribution in [0.4, 0.5) is 0 Å². The Hall–Kier alpha value is -3.12. The van der Waals surface area contributed by atoms with E-state index in [2.05, 4.69) is 0 Å². The zero-order valence-corrected chi connectivity index (χ0v) is 20.5. The second-order valence-corrected chi connectivity index (χ2v) is 8.95. The van der Waals surface area contributed by atoms with Crippen molar-refractivity contribution in [3.05, 3.63) is 69.9 Å². The van der Waals surface area contributed by atoms with E-state index >= 15 is 0 Å². The zero-order chi connectivity index (χ0) is 24.4. The number of carbonyl (C=O) groups is 2. The summed E-state index contributed by atoms with van der Waals surface area (Å²) < 4.78 is 16.3. The van der Waals surface area contributed by atoms with Crippen LogP contribution in [0.5, 0.6) is 11.5 Å². The van der Waals surface area contributed by atoms with Gasteiger partial charge in [-0.05, 0) is 61.6 Å². The first kappa shape index (κ1) is 24.0. The van der Waals surface area contributed by atoms with E-state index in [1.54, 1.807) is 27.2 Å². The highest BCUT2D eigenvalue weighted by atomic mass is 35.5. The molecule has 0 aromatic heterocycles. The van der Waals surface area contributed by atoms with Crippen molar-refractivity contribution in [3.63, 3.8) is 0 Å². The number of rotatable bonds is 6. The number of nitrogens with zero attached hydrogens (tertiary/aromatic N) is 1. The summed E-state index contributed by atoms with van der Waals surface area (Å²) in [5.41, 5.74) is 3.79. The van der Waals surface area contributed by atoms with E-state index in [1.807, 2.05) is 43.3 Å². The van der Waals surface area contributed by atoms with Crippen molar-refractivity contribution in [2.75, 3.05) is 20.8 Å². The molecule has 0 fully saturated rings. The Kier molecular flexibility index (Phi) is 7.08. The summed E-state index contributed by atoms with van der Waals surface area (Å²) in [4.78, 5) is 31.5. The Bertz CT molecular complexity index is 1170. The summed E-state index contributed by atoms with van der Waals surface area (Å²) in [7, 11) is 3.13. The van der Waals surface area contributed by atoms with E-state index in [4.69, 9.17) is 30.8 Å². The van der Waals surface area contributed by atoms with Gasteiger partial charge < -0.3 is 14.2 Å². The first-order valence-electron chi connectivity index (χ1n) is 11.3. The first-order valence-corrected chi connectivity index (χ1v) is 11.7. The number of allylic oxidation sites excluding steroid dienone is 2. The Balaban J connectivity index is 1.82. The van der Waals surface area contributed by atoms with Gasteiger partial charge in [-0.1, -0.05) is 29.8 Å². The monoisotopic (exact) mass is 481 g/mol. The second kappa shape index (κ2) is 10.0. The SMILES string of the molecule is CCOC(=O)C1C(C)=NC2=C(C(=O)CC(c3ccc(Cl)cc3)C2)C1c1ccc(OC)c(OC)c1. The molecule has 1 aliphatic heterocycles. The molecule has 2 aromatic carbocycles. The summed E-state index contributed by atoms with van der Waals surface area (Å²) in [6.45, 7) is 3.85. The largest absolute Gasteiger partial charge is 0.493 e. The lowest BCUT2D eigenvalue weighted by Gasteiger charge is -2.36. The van der Waals surface area contributed by atoms with E-state index in [9.17, 15) is 9.59 Å². The molecule has 0 spiro atoms. The van der Waals surface area contributed by atoms with Gasteiger partial charge in [0, 0.05) is 34.3 Å². The molecule has 0 bridgehead atoms. The predicted molar refractivity (Wildman–Crippen MR) is 131 cm³/mol. The fourth-order valence-corrected chi connectivity index (χ4v) is 5.10. The van der Waals surface area contributed by atoms with Crippen LogP contribution in [0.25, 0.3) is 0 Å². The lowest BCUT2D eigenvalue weighted by atomic mass is 9.69. The summed E-state index contributed by atoms with van der Waals surface area (Å²) in [6, 6.07) is 13.1. The zero-order valence-electron chi connectivity index (χ0n) is 19.8. The molecule has 178 valence electrons. The van der Waals surface area contributed by atoms with E-state index in [-0.39, 0.29) is 24.3 Å². The van der Waals surface area contributed by atoms with Crippen LogP contribution >= 0.6 is 11.6 Å². The third-order valence-electron chi connectivity index (χ3n) is 6.54. The molecule has 34 heavy (non-hydrogen) atoms. The Morgan fingerprint density at radius 1 is 1.03 bits per heavy atom. The molecular weight excluding hydrogens is 454 g/mol. The van der Waals surface area contributed by atoms with Gasteiger partial charge in [-0.3, -0.25) is 14.6 Å². The molecule has 3 atom stereocenters. The fraction of sp³-hybridized carbons (Fsp3) is 0.370. The van der Waals surface area contributed by atoms with Gasteiger partial charge in [-0.25, -0.2) is 0 Å². The molecule has 1 aliphatic carbocycles. The van der Waals surface area contributed by atoms with Gasteiger partial charge in [0.25, 0.3) is 0 Å². The number of ether oxygens (including phenoxy) is 3. The molecule has 7 heteroatoms. The second-order valence-electron chi connectivity index (χ2n) is 8.52. The van der Waals surface area contributed by atoms with Gasteiger partial charge in [0.05, 0.1) is 20.8 Å². The number of benzene rings is 2. The summed E-state index contributed by atoms with van der Waals surface area (Å²) in [5.74, 6) is -0.475. The van der Waals surface area contributed by atoms with Crippen molar-refractivity contribution < 1.29 is 23.8 Å². The number of carbonyl (C=O) groups excluding carboxylic acids is 2. The Morgan fingerprint density at radius 3 is 2.35 bits per heavy atom. The smallest absolute Gasteiger partial charge is 0.315 e. The molecule has 0 amide bonds. The van der Waals surface area contributed by atoms with Crippen LogP contribution in [0.2, 0.25) is 5.02 Å². The van der Waals surface area contributed by atoms with Crippen LogP contribution in [0.15, 0.2) is 58.7 Å². The quantitative estimate of drug-likeness (QED) is 0.509. The molecule has 2 aliphatic rings. The first-order chi connectivity index (χ1) is 16.4. The highest BCUT2D eigenvalue weighted by Gasteiger charge is 2.45.